The van der Waals surface area contributed by atoms with Gasteiger partial charge in [-0.25, -0.2) is 0 Å². The summed E-state index contributed by atoms with van der Waals surface area (Å²) in [6.07, 6.45) is 1.52. The molecule has 0 atom stereocenters. The van der Waals surface area contributed by atoms with Crippen molar-refractivity contribution >= 4 is 5.71 Å². The van der Waals surface area contributed by atoms with Crippen LogP contribution in [0.3, 0.4) is 0 Å². The van der Waals surface area contributed by atoms with Crippen molar-refractivity contribution in [2.24, 2.45) is 4.99 Å². The van der Waals surface area contributed by atoms with Gasteiger partial charge in [-0.2, -0.15) is 0 Å². The highest BCUT2D eigenvalue weighted by molar-refractivity contribution is 6.04. The van der Waals surface area contributed by atoms with E-state index in [2.05, 4.69) is 0 Å². The molecule has 2 aromatic rings. The molecule has 0 saturated heterocycles. The fraction of sp³-hybridized carbons (Fsp3) is 0.409. The Hall–Kier alpha value is -2.69. The van der Waals surface area contributed by atoms with Crippen LogP contribution in [-0.4, -0.2) is 37.2 Å². The Bertz CT molecular complexity index is 829. The molecule has 5 nitrogen and oxygen atoms in total. The van der Waals surface area contributed by atoms with Gasteiger partial charge in [0.25, 0.3) is 0 Å². The van der Waals surface area contributed by atoms with Gasteiger partial charge in [0.1, 0.15) is 0 Å². The maximum Gasteiger partial charge on any atom is 0.161 e. The van der Waals surface area contributed by atoms with Gasteiger partial charge in [-0.15, -0.1) is 0 Å². The number of nitrogens with zero attached hydrogens (tertiary/aromatic N) is 1. The number of fused-ring (bicyclic) bond motifs is 1. The van der Waals surface area contributed by atoms with E-state index in [9.17, 15) is 5.11 Å². The minimum Gasteiger partial charge on any atom is -0.504 e. The Kier molecular flexibility index (Phi) is 6.22. The summed E-state index contributed by atoms with van der Waals surface area (Å²) in [5, 5.41) is 10.2. The normalized spacial score (nSPS) is 12.9. The minimum atomic E-state index is 0.191. The van der Waals surface area contributed by atoms with E-state index in [-0.39, 0.29) is 5.75 Å². The molecular formula is C22H27NO4. The summed E-state index contributed by atoms with van der Waals surface area (Å²) in [6, 6.07) is 9.74. The molecule has 3 rings (SSSR count). The molecule has 0 saturated carbocycles. The largest absolute Gasteiger partial charge is 0.504 e. The predicted octanol–water partition coefficient (Wildman–Crippen LogP) is 4.18. The van der Waals surface area contributed by atoms with Crippen molar-refractivity contribution in [1.82, 2.24) is 0 Å². The lowest BCUT2D eigenvalue weighted by atomic mass is 9.93. The summed E-state index contributed by atoms with van der Waals surface area (Å²) in [5.41, 5.74) is 4.27. The van der Waals surface area contributed by atoms with Crippen molar-refractivity contribution in [2.75, 3.05) is 26.4 Å². The van der Waals surface area contributed by atoms with E-state index in [1.54, 1.807) is 6.07 Å². The molecule has 0 spiro atoms. The van der Waals surface area contributed by atoms with Gasteiger partial charge in [-0.1, -0.05) is 6.07 Å². The van der Waals surface area contributed by atoms with Crippen molar-refractivity contribution in [3.05, 3.63) is 47.0 Å². The Morgan fingerprint density at radius 2 is 1.59 bits per heavy atom. The number of hydrogen-bond acceptors (Lipinski definition) is 5. The second kappa shape index (κ2) is 8.80. The molecule has 1 N–H and O–H groups in total. The molecule has 0 bridgehead atoms. The third-order valence-electron chi connectivity index (χ3n) is 4.46. The molecule has 0 unspecified atom stereocenters. The lowest BCUT2D eigenvalue weighted by Gasteiger charge is -2.20. The van der Waals surface area contributed by atoms with E-state index in [4.69, 9.17) is 19.2 Å². The molecule has 1 aliphatic rings. The van der Waals surface area contributed by atoms with Crippen LogP contribution >= 0.6 is 0 Å². The van der Waals surface area contributed by atoms with E-state index < -0.39 is 0 Å². The van der Waals surface area contributed by atoms with Crippen molar-refractivity contribution in [3.63, 3.8) is 0 Å². The Morgan fingerprint density at radius 1 is 0.889 bits per heavy atom. The maximum absolute atomic E-state index is 10.2. The summed E-state index contributed by atoms with van der Waals surface area (Å²) in [4.78, 5) is 4.74. The molecule has 0 radical (unpaired) electrons. The molecule has 27 heavy (non-hydrogen) atoms. The number of hydrogen-bond donors (Lipinski definition) is 1. The second-order valence-corrected chi connectivity index (χ2v) is 6.31. The van der Waals surface area contributed by atoms with Crippen molar-refractivity contribution in [2.45, 2.75) is 33.6 Å². The van der Waals surface area contributed by atoms with Gasteiger partial charge in [0.15, 0.2) is 23.0 Å². The fourth-order valence-electron chi connectivity index (χ4n) is 3.30. The number of benzene rings is 2. The summed E-state index contributed by atoms with van der Waals surface area (Å²) in [7, 11) is 0. The Labute approximate surface area is 160 Å². The molecule has 2 aromatic carbocycles. The summed E-state index contributed by atoms with van der Waals surface area (Å²) >= 11 is 0. The van der Waals surface area contributed by atoms with Crippen LogP contribution < -0.4 is 14.2 Å². The van der Waals surface area contributed by atoms with Gasteiger partial charge in [0, 0.05) is 24.2 Å². The first kappa shape index (κ1) is 19.1. The topological polar surface area (TPSA) is 60.3 Å². The van der Waals surface area contributed by atoms with Crippen LogP contribution in [0, 0.1) is 0 Å². The molecule has 1 heterocycles. The first-order valence-electron chi connectivity index (χ1n) is 9.57. The standard InChI is InChI=1S/C22H27NO4/c1-4-25-20-8-7-15(12-22(20)27-6-3)11-18-17-14-21(26-5-2)19(24)13-16(17)9-10-23-18/h7-8,12-14,24H,4-6,9-11H2,1-3H3. The third-order valence-corrected chi connectivity index (χ3v) is 4.46. The van der Waals surface area contributed by atoms with E-state index >= 15 is 0 Å². The van der Waals surface area contributed by atoms with Crippen LogP contribution in [0.25, 0.3) is 0 Å². The van der Waals surface area contributed by atoms with Crippen LogP contribution in [0.5, 0.6) is 23.0 Å². The van der Waals surface area contributed by atoms with Crippen LogP contribution in [0.4, 0.5) is 0 Å². The highest BCUT2D eigenvalue weighted by atomic mass is 16.5. The van der Waals surface area contributed by atoms with Gasteiger partial charge >= 0.3 is 0 Å². The number of rotatable bonds is 8. The zero-order chi connectivity index (χ0) is 19.2. The lowest BCUT2D eigenvalue weighted by molar-refractivity contribution is 0.287. The quantitative estimate of drug-likeness (QED) is 0.758. The number of ether oxygens (including phenoxy) is 3. The van der Waals surface area contributed by atoms with Crippen molar-refractivity contribution in [1.29, 1.82) is 0 Å². The highest BCUT2D eigenvalue weighted by Gasteiger charge is 2.19. The predicted molar refractivity (Wildman–Crippen MR) is 107 cm³/mol. The number of aliphatic imine (C=N–C) groups is 1. The van der Waals surface area contributed by atoms with Gasteiger partial charge in [-0.05, 0) is 62.6 Å². The van der Waals surface area contributed by atoms with E-state index in [0.717, 1.165) is 46.9 Å². The first-order valence-corrected chi connectivity index (χ1v) is 9.57. The zero-order valence-corrected chi connectivity index (χ0v) is 16.2. The van der Waals surface area contributed by atoms with E-state index in [1.807, 2.05) is 45.0 Å². The first-order chi connectivity index (χ1) is 13.2. The number of aromatic hydroxyl groups is 1. The summed E-state index contributed by atoms with van der Waals surface area (Å²) < 4.78 is 16.9. The van der Waals surface area contributed by atoms with Crippen LogP contribution in [-0.2, 0) is 12.8 Å². The monoisotopic (exact) mass is 369 g/mol. The Balaban J connectivity index is 1.89. The SMILES string of the molecule is CCOc1cc2c(cc1O)CCN=C2Cc1ccc(OCC)c(OCC)c1. The van der Waals surface area contributed by atoms with Gasteiger partial charge in [0.05, 0.1) is 19.8 Å². The highest BCUT2D eigenvalue weighted by Crippen LogP contribution is 2.33. The fourth-order valence-corrected chi connectivity index (χ4v) is 3.30. The van der Waals surface area contributed by atoms with Gasteiger partial charge in [-0.3, -0.25) is 4.99 Å². The maximum atomic E-state index is 10.2. The summed E-state index contributed by atoms with van der Waals surface area (Å²) in [5.74, 6) is 2.22. The average Bonchev–Trinajstić information content (AvgIpc) is 2.65. The second-order valence-electron chi connectivity index (χ2n) is 6.31. The number of phenolic OH excluding ortho intramolecular Hbond substituents is 1. The molecule has 1 aliphatic heterocycles. The molecule has 144 valence electrons. The lowest BCUT2D eigenvalue weighted by Crippen LogP contribution is -2.16. The third kappa shape index (κ3) is 4.35. The smallest absolute Gasteiger partial charge is 0.161 e. The van der Waals surface area contributed by atoms with E-state index in [0.29, 0.717) is 32.0 Å². The van der Waals surface area contributed by atoms with Crippen LogP contribution in [0.2, 0.25) is 0 Å². The molecule has 0 fully saturated rings. The molecule has 5 heteroatoms. The minimum absolute atomic E-state index is 0.191. The average molecular weight is 369 g/mol. The number of phenols is 1. The molecule has 0 aliphatic carbocycles. The van der Waals surface area contributed by atoms with Crippen molar-refractivity contribution in [3.8, 4) is 23.0 Å². The molecule has 0 amide bonds. The summed E-state index contributed by atoms with van der Waals surface area (Å²) in [6.45, 7) is 8.26. The van der Waals surface area contributed by atoms with Crippen LogP contribution in [0.15, 0.2) is 35.3 Å². The zero-order valence-electron chi connectivity index (χ0n) is 16.2. The Morgan fingerprint density at radius 3 is 2.33 bits per heavy atom. The van der Waals surface area contributed by atoms with Gasteiger partial charge < -0.3 is 19.3 Å². The van der Waals surface area contributed by atoms with E-state index in [1.165, 1.54) is 0 Å². The molecular weight excluding hydrogens is 342 g/mol. The van der Waals surface area contributed by atoms with Crippen LogP contribution in [0.1, 0.15) is 37.5 Å². The van der Waals surface area contributed by atoms with Crippen molar-refractivity contribution < 1.29 is 19.3 Å². The molecule has 0 aromatic heterocycles. The van der Waals surface area contributed by atoms with Gasteiger partial charge in [0.2, 0.25) is 0 Å².